The van der Waals surface area contributed by atoms with Gasteiger partial charge < -0.3 is 19.9 Å². The normalized spacial score (nSPS) is 11.8. The summed E-state index contributed by atoms with van der Waals surface area (Å²) in [7, 11) is 0. The number of esters is 1. The summed E-state index contributed by atoms with van der Waals surface area (Å²) in [4.78, 5) is 26.4. The Morgan fingerprint density at radius 2 is 1.69 bits per heavy atom. The van der Waals surface area contributed by atoms with E-state index in [0.29, 0.717) is 17.8 Å². The number of benzene rings is 2. The zero-order valence-electron chi connectivity index (χ0n) is 21.3. The van der Waals surface area contributed by atoms with Crippen LogP contribution in [0.1, 0.15) is 63.6 Å². The van der Waals surface area contributed by atoms with Gasteiger partial charge in [-0.05, 0) is 70.8 Å². The third-order valence-corrected chi connectivity index (χ3v) is 5.72. The molecular weight excluding hydrogens is 468 g/mol. The van der Waals surface area contributed by atoms with Crippen molar-refractivity contribution in [1.29, 1.82) is 0 Å². The maximum absolute atomic E-state index is 12.4. The molecule has 0 radical (unpaired) electrons. The lowest BCUT2D eigenvalue weighted by atomic mass is 9.86. The van der Waals surface area contributed by atoms with E-state index in [2.05, 4.69) is 50.0 Å². The molecular formula is C27H39ClN2O5. The van der Waals surface area contributed by atoms with Crippen LogP contribution in [-0.4, -0.2) is 53.8 Å². The Morgan fingerprint density at radius 1 is 1.03 bits per heavy atom. The lowest BCUT2D eigenvalue weighted by Gasteiger charge is -2.32. The van der Waals surface area contributed by atoms with Gasteiger partial charge in [0.05, 0.1) is 13.2 Å². The zero-order chi connectivity index (χ0) is 25.1. The Balaban J connectivity index is 0.00000612. The van der Waals surface area contributed by atoms with Gasteiger partial charge in [-0.1, -0.05) is 36.4 Å². The van der Waals surface area contributed by atoms with E-state index in [4.69, 9.17) is 9.47 Å². The summed E-state index contributed by atoms with van der Waals surface area (Å²) in [6.45, 7) is 11.2. The number of ether oxygens (including phenoxy) is 2. The van der Waals surface area contributed by atoms with Crippen LogP contribution in [0.5, 0.6) is 5.75 Å². The van der Waals surface area contributed by atoms with E-state index < -0.39 is 12.1 Å². The number of nitrogens with zero attached hydrogens (tertiary/aromatic N) is 1. The van der Waals surface area contributed by atoms with Crippen molar-refractivity contribution in [1.82, 2.24) is 10.2 Å². The SMILES string of the molecule is CCOC(=O)CNC(=O)Oc1ccc(CO)cc1C(CCN(C(C)C)C(C)C)c1ccccc1.Cl. The summed E-state index contributed by atoms with van der Waals surface area (Å²) in [5.41, 5.74) is 2.65. The smallest absolute Gasteiger partial charge is 0.413 e. The molecule has 7 nitrogen and oxygen atoms in total. The minimum absolute atomic E-state index is 0. The van der Waals surface area contributed by atoms with Crippen molar-refractivity contribution in [3.63, 3.8) is 0 Å². The summed E-state index contributed by atoms with van der Waals surface area (Å²) in [5, 5.41) is 12.2. The first-order valence-corrected chi connectivity index (χ1v) is 11.9. The minimum atomic E-state index is -0.733. The highest BCUT2D eigenvalue weighted by Gasteiger charge is 2.23. The maximum Gasteiger partial charge on any atom is 0.413 e. The quantitative estimate of drug-likeness (QED) is 0.398. The number of carbonyl (C=O) groups is 2. The van der Waals surface area contributed by atoms with Gasteiger partial charge in [-0.15, -0.1) is 12.4 Å². The number of hydrogen-bond acceptors (Lipinski definition) is 6. The first-order valence-electron chi connectivity index (χ1n) is 11.9. The van der Waals surface area contributed by atoms with Gasteiger partial charge in [0.25, 0.3) is 0 Å². The van der Waals surface area contributed by atoms with Gasteiger partial charge in [-0.3, -0.25) is 9.69 Å². The molecule has 2 N–H and O–H groups in total. The number of amides is 1. The van der Waals surface area contributed by atoms with Crippen molar-refractivity contribution in [2.75, 3.05) is 19.7 Å². The van der Waals surface area contributed by atoms with Crippen LogP contribution in [-0.2, 0) is 16.1 Å². The third kappa shape index (κ3) is 9.51. The van der Waals surface area contributed by atoms with Crippen molar-refractivity contribution in [2.45, 2.75) is 65.6 Å². The number of halogens is 1. The van der Waals surface area contributed by atoms with Crippen LogP contribution in [0.2, 0.25) is 0 Å². The fourth-order valence-electron chi connectivity index (χ4n) is 4.13. The predicted molar refractivity (Wildman–Crippen MR) is 140 cm³/mol. The second kappa shape index (κ2) is 15.4. The molecule has 1 amide bonds. The summed E-state index contributed by atoms with van der Waals surface area (Å²) >= 11 is 0. The molecule has 0 saturated heterocycles. The van der Waals surface area contributed by atoms with Crippen LogP contribution in [0, 0.1) is 0 Å². The number of rotatable bonds is 12. The lowest BCUT2D eigenvalue weighted by molar-refractivity contribution is -0.141. The molecule has 2 aromatic carbocycles. The van der Waals surface area contributed by atoms with Crippen LogP contribution in [0.25, 0.3) is 0 Å². The lowest BCUT2D eigenvalue weighted by Crippen LogP contribution is -2.38. The second-order valence-electron chi connectivity index (χ2n) is 8.76. The molecule has 1 atom stereocenters. The van der Waals surface area contributed by atoms with E-state index in [1.54, 1.807) is 19.1 Å². The van der Waals surface area contributed by atoms with Crippen LogP contribution in [0.4, 0.5) is 4.79 Å². The average molecular weight is 507 g/mol. The Hall–Kier alpha value is -2.61. The molecule has 8 heteroatoms. The highest BCUT2D eigenvalue weighted by molar-refractivity contribution is 5.85. The molecule has 2 rings (SSSR count). The standard InChI is InChI=1S/C27H38N2O5.ClH/c1-6-33-26(31)17-28-27(32)34-25-13-12-21(18-30)16-24(25)23(22-10-8-7-9-11-22)14-15-29(19(2)3)20(4)5;/h7-13,16,19-20,23,30H,6,14-15,17-18H2,1-5H3,(H,28,32);1H. The average Bonchev–Trinajstić information content (AvgIpc) is 2.81. The van der Waals surface area contributed by atoms with Gasteiger partial charge in [0.15, 0.2) is 0 Å². The van der Waals surface area contributed by atoms with E-state index in [1.165, 1.54) is 0 Å². The van der Waals surface area contributed by atoms with Crippen molar-refractivity contribution in [2.24, 2.45) is 0 Å². The van der Waals surface area contributed by atoms with Crippen molar-refractivity contribution >= 4 is 24.5 Å². The van der Waals surface area contributed by atoms with Crippen LogP contribution in [0.15, 0.2) is 48.5 Å². The summed E-state index contributed by atoms with van der Waals surface area (Å²) in [6.07, 6.45) is 0.0691. The van der Waals surface area contributed by atoms with Gasteiger partial charge in [0.1, 0.15) is 12.3 Å². The Kier molecular flexibility index (Phi) is 13.4. The van der Waals surface area contributed by atoms with Gasteiger partial charge in [0, 0.05) is 23.6 Å². The maximum atomic E-state index is 12.4. The number of carbonyl (C=O) groups excluding carboxylic acids is 2. The Labute approximate surface area is 215 Å². The molecule has 35 heavy (non-hydrogen) atoms. The van der Waals surface area contributed by atoms with Crippen molar-refractivity contribution < 1.29 is 24.2 Å². The van der Waals surface area contributed by atoms with Gasteiger partial charge in [-0.25, -0.2) is 4.79 Å². The molecule has 1 unspecified atom stereocenters. The molecule has 194 valence electrons. The number of hydrogen-bond donors (Lipinski definition) is 2. The number of aliphatic hydroxyl groups is 1. The first-order chi connectivity index (χ1) is 16.3. The van der Waals surface area contributed by atoms with E-state index in [9.17, 15) is 14.7 Å². The topological polar surface area (TPSA) is 88.1 Å². The minimum Gasteiger partial charge on any atom is -0.465 e. The Morgan fingerprint density at radius 3 is 2.26 bits per heavy atom. The molecule has 0 fully saturated rings. The molecule has 2 aromatic rings. The number of aliphatic hydroxyl groups excluding tert-OH is 1. The van der Waals surface area contributed by atoms with Crippen molar-refractivity contribution in [3.8, 4) is 5.75 Å². The van der Waals surface area contributed by atoms with Crippen molar-refractivity contribution in [3.05, 3.63) is 65.2 Å². The molecule has 0 heterocycles. The van der Waals surface area contributed by atoms with Gasteiger partial charge in [-0.2, -0.15) is 0 Å². The summed E-state index contributed by atoms with van der Waals surface area (Å²) in [6, 6.07) is 16.2. The zero-order valence-corrected chi connectivity index (χ0v) is 22.1. The van der Waals surface area contributed by atoms with Crippen LogP contribution in [0.3, 0.4) is 0 Å². The third-order valence-electron chi connectivity index (χ3n) is 5.72. The van der Waals surface area contributed by atoms with E-state index >= 15 is 0 Å². The van der Waals surface area contributed by atoms with E-state index in [1.807, 2.05) is 24.3 Å². The first kappa shape index (κ1) is 30.4. The molecule has 0 aliphatic rings. The molecule has 0 bridgehead atoms. The fraction of sp³-hybridized carbons (Fsp3) is 0.481. The van der Waals surface area contributed by atoms with Crippen LogP contribution >= 0.6 is 12.4 Å². The second-order valence-corrected chi connectivity index (χ2v) is 8.76. The van der Waals surface area contributed by atoms with E-state index in [-0.39, 0.29) is 38.1 Å². The molecule has 0 aromatic heterocycles. The van der Waals surface area contributed by atoms with E-state index in [0.717, 1.165) is 29.7 Å². The van der Waals surface area contributed by atoms with Gasteiger partial charge >= 0.3 is 12.1 Å². The number of nitrogens with one attached hydrogen (secondary N) is 1. The van der Waals surface area contributed by atoms with Crippen LogP contribution < -0.4 is 10.1 Å². The highest BCUT2D eigenvalue weighted by atomic mass is 35.5. The molecule has 0 saturated carbocycles. The van der Waals surface area contributed by atoms with Gasteiger partial charge in [0.2, 0.25) is 0 Å². The predicted octanol–water partition coefficient (Wildman–Crippen LogP) is 4.89. The summed E-state index contributed by atoms with van der Waals surface area (Å²) < 4.78 is 10.5. The fourth-order valence-corrected chi connectivity index (χ4v) is 4.13. The largest absolute Gasteiger partial charge is 0.465 e. The Bertz CT molecular complexity index is 913. The highest BCUT2D eigenvalue weighted by Crippen LogP contribution is 2.36. The molecule has 0 spiro atoms. The summed E-state index contributed by atoms with van der Waals surface area (Å²) in [5.74, 6) is -0.187. The monoisotopic (exact) mass is 506 g/mol. The molecule has 0 aliphatic heterocycles. The molecule has 0 aliphatic carbocycles.